The molecular formula is C22H19Br3ClN3OS. The molecule has 3 aromatic carbocycles. The number of thioether (sulfide) groups is 1. The molecule has 0 fully saturated rings. The van der Waals surface area contributed by atoms with Gasteiger partial charge in [0.2, 0.25) is 0 Å². The number of rotatable bonds is 6. The minimum absolute atomic E-state index is 0. The molecule has 0 saturated carbocycles. The van der Waals surface area contributed by atoms with Gasteiger partial charge in [0.25, 0.3) is 5.91 Å². The molecule has 0 aliphatic heterocycles. The third kappa shape index (κ3) is 8.27. The van der Waals surface area contributed by atoms with Gasteiger partial charge in [-0.25, -0.2) is 4.99 Å². The van der Waals surface area contributed by atoms with Crippen LogP contribution in [0.3, 0.4) is 0 Å². The summed E-state index contributed by atoms with van der Waals surface area (Å²) in [5, 5.41) is 4.06. The Morgan fingerprint density at radius 3 is 2.32 bits per heavy atom. The van der Waals surface area contributed by atoms with Crippen molar-refractivity contribution in [2.24, 2.45) is 10.7 Å². The van der Waals surface area contributed by atoms with E-state index in [1.54, 1.807) is 18.2 Å². The number of nitrogens with two attached hydrogens (primary N) is 1. The second-order valence-electron chi connectivity index (χ2n) is 6.33. The van der Waals surface area contributed by atoms with E-state index in [4.69, 9.17) is 17.3 Å². The topological polar surface area (TPSA) is 67.5 Å². The largest absolute Gasteiger partial charge is 0.378 e. The van der Waals surface area contributed by atoms with Gasteiger partial charge in [-0.05, 0) is 65.7 Å². The van der Waals surface area contributed by atoms with Gasteiger partial charge in [0.1, 0.15) is 0 Å². The first-order valence-corrected chi connectivity index (χ1v) is 11.9. The molecule has 1 amide bonds. The van der Waals surface area contributed by atoms with Crippen molar-refractivity contribution in [2.75, 3.05) is 0 Å². The third-order valence-electron chi connectivity index (χ3n) is 4.12. The predicted molar refractivity (Wildman–Crippen MR) is 144 cm³/mol. The predicted octanol–water partition coefficient (Wildman–Crippen LogP) is 7.25. The lowest BCUT2D eigenvalue weighted by Gasteiger charge is -2.11. The summed E-state index contributed by atoms with van der Waals surface area (Å²) in [4.78, 5) is 17.2. The van der Waals surface area contributed by atoms with E-state index in [9.17, 15) is 4.79 Å². The molecule has 0 bridgehead atoms. The second-order valence-corrected chi connectivity index (χ2v) is 9.59. The number of halogens is 4. The van der Waals surface area contributed by atoms with Crippen LogP contribution in [-0.2, 0) is 12.3 Å². The van der Waals surface area contributed by atoms with Gasteiger partial charge in [0.05, 0.1) is 5.69 Å². The lowest BCUT2D eigenvalue weighted by molar-refractivity contribution is 0.0950. The first kappa shape index (κ1) is 25.9. The number of carbonyl (C=O) groups is 1. The van der Waals surface area contributed by atoms with Crippen LogP contribution >= 0.6 is 72.2 Å². The minimum Gasteiger partial charge on any atom is -0.378 e. The fourth-order valence-corrected chi connectivity index (χ4v) is 4.12. The molecule has 162 valence electrons. The van der Waals surface area contributed by atoms with Gasteiger partial charge < -0.3 is 11.1 Å². The van der Waals surface area contributed by atoms with E-state index in [1.807, 2.05) is 48.5 Å². The summed E-state index contributed by atoms with van der Waals surface area (Å²) in [5.74, 6) is 0.381. The van der Waals surface area contributed by atoms with E-state index in [0.29, 0.717) is 28.1 Å². The van der Waals surface area contributed by atoms with Crippen molar-refractivity contribution >= 4 is 89.0 Å². The van der Waals surface area contributed by atoms with Crippen LogP contribution in [0.25, 0.3) is 0 Å². The number of nitrogens with zero attached hydrogens (tertiary/aromatic N) is 1. The van der Waals surface area contributed by atoms with Gasteiger partial charge in [0, 0.05) is 31.8 Å². The Morgan fingerprint density at radius 1 is 1.00 bits per heavy atom. The summed E-state index contributed by atoms with van der Waals surface area (Å²) in [7, 11) is 0. The lowest BCUT2D eigenvalue weighted by atomic mass is 10.1. The van der Waals surface area contributed by atoms with Gasteiger partial charge in [-0.1, -0.05) is 67.4 Å². The third-order valence-corrected chi connectivity index (χ3v) is 6.24. The molecule has 0 radical (unpaired) electrons. The molecule has 0 spiro atoms. The zero-order valence-corrected chi connectivity index (χ0v) is 22.6. The average molecular weight is 649 g/mol. The van der Waals surface area contributed by atoms with Crippen LogP contribution in [0.2, 0.25) is 5.02 Å². The van der Waals surface area contributed by atoms with Crippen molar-refractivity contribution in [1.82, 2.24) is 5.32 Å². The van der Waals surface area contributed by atoms with Crippen molar-refractivity contribution in [3.8, 4) is 0 Å². The fourth-order valence-electron chi connectivity index (χ4n) is 2.61. The molecule has 4 nitrogen and oxygen atoms in total. The van der Waals surface area contributed by atoms with Crippen molar-refractivity contribution in [1.29, 1.82) is 0 Å². The van der Waals surface area contributed by atoms with Crippen LogP contribution in [0.4, 0.5) is 5.69 Å². The van der Waals surface area contributed by atoms with Gasteiger partial charge in [0.15, 0.2) is 5.17 Å². The van der Waals surface area contributed by atoms with Gasteiger partial charge in [-0.3, -0.25) is 4.79 Å². The van der Waals surface area contributed by atoms with Gasteiger partial charge in [-0.15, -0.1) is 17.0 Å². The number of hydrogen-bond donors (Lipinski definition) is 2. The quantitative estimate of drug-likeness (QED) is 0.219. The van der Waals surface area contributed by atoms with E-state index in [2.05, 4.69) is 42.2 Å². The number of carbonyl (C=O) groups excluding carboxylic acids is 1. The second kappa shape index (κ2) is 12.6. The summed E-state index contributed by atoms with van der Waals surface area (Å²) >= 11 is 14.2. The summed E-state index contributed by atoms with van der Waals surface area (Å²) in [6.45, 7) is 0.422. The van der Waals surface area contributed by atoms with Crippen LogP contribution in [-0.4, -0.2) is 11.1 Å². The number of nitrogens with one attached hydrogen (secondary N) is 1. The van der Waals surface area contributed by atoms with Crippen LogP contribution in [0, 0.1) is 0 Å². The maximum Gasteiger partial charge on any atom is 0.251 e. The summed E-state index contributed by atoms with van der Waals surface area (Å²) in [6, 6.07) is 20.6. The molecular weight excluding hydrogens is 629 g/mol. The Labute approximate surface area is 218 Å². The molecule has 3 rings (SSSR count). The molecule has 0 aliphatic rings. The van der Waals surface area contributed by atoms with E-state index in [1.165, 1.54) is 11.8 Å². The van der Waals surface area contributed by atoms with Gasteiger partial charge >= 0.3 is 0 Å². The smallest absolute Gasteiger partial charge is 0.251 e. The van der Waals surface area contributed by atoms with E-state index >= 15 is 0 Å². The minimum atomic E-state index is -0.142. The van der Waals surface area contributed by atoms with Crippen molar-refractivity contribution < 1.29 is 4.79 Å². The Kier molecular flexibility index (Phi) is 10.6. The number of hydrogen-bond acceptors (Lipinski definition) is 3. The van der Waals surface area contributed by atoms with Crippen molar-refractivity contribution in [3.63, 3.8) is 0 Å². The highest BCUT2D eigenvalue weighted by atomic mass is 79.9. The molecule has 0 unspecified atom stereocenters. The standard InChI is InChI=1S/C22H18Br2ClN3OS.BrH/c23-16-3-8-19(9-4-16)28-22(26)30-13-15-11-17(24)5-10-20(15)21(29)27-12-14-1-6-18(25)7-2-14;/h1-11H,12-13H2,(H2,26,28)(H,27,29);1H. The maximum atomic E-state index is 12.8. The Morgan fingerprint density at radius 2 is 1.65 bits per heavy atom. The van der Waals surface area contributed by atoms with E-state index in [0.717, 1.165) is 25.8 Å². The lowest BCUT2D eigenvalue weighted by Crippen LogP contribution is -2.24. The Hall–Kier alpha value is -1.32. The highest BCUT2D eigenvalue weighted by Crippen LogP contribution is 2.23. The van der Waals surface area contributed by atoms with Gasteiger partial charge in [-0.2, -0.15) is 0 Å². The Balaban J connectivity index is 0.00000341. The van der Waals surface area contributed by atoms with Crippen molar-refractivity contribution in [3.05, 3.63) is 97.4 Å². The number of amidine groups is 1. The molecule has 0 atom stereocenters. The first-order valence-electron chi connectivity index (χ1n) is 8.94. The van der Waals surface area contributed by atoms with Crippen LogP contribution < -0.4 is 11.1 Å². The number of amides is 1. The Bertz CT molecular complexity index is 1060. The van der Waals surface area contributed by atoms with E-state index < -0.39 is 0 Å². The summed E-state index contributed by atoms with van der Waals surface area (Å²) in [5.41, 5.74) is 9.32. The fraction of sp³-hybridized carbons (Fsp3) is 0.0909. The van der Waals surface area contributed by atoms with Crippen molar-refractivity contribution in [2.45, 2.75) is 12.3 Å². The zero-order valence-electron chi connectivity index (χ0n) is 16.1. The molecule has 9 heteroatoms. The SMILES string of the molecule is Br.NC(=Nc1ccc(Br)cc1)SCc1cc(Br)ccc1C(=O)NCc1ccc(Cl)cc1. The monoisotopic (exact) mass is 645 g/mol. The highest BCUT2D eigenvalue weighted by molar-refractivity contribution is 9.10. The maximum absolute atomic E-state index is 12.8. The zero-order chi connectivity index (χ0) is 21.5. The molecule has 0 heterocycles. The van der Waals surface area contributed by atoms with Crippen LogP contribution in [0.5, 0.6) is 0 Å². The molecule has 0 saturated heterocycles. The average Bonchev–Trinajstić information content (AvgIpc) is 2.73. The van der Waals surface area contributed by atoms with Crippen LogP contribution in [0.15, 0.2) is 80.7 Å². The number of benzene rings is 3. The molecule has 3 N–H and O–H groups in total. The summed E-state index contributed by atoms with van der Waals surface area (Å²) < 4.78 is 1.88. The molecule has 0 aromatic heterocycles. The summed E-state index contributed by atoms with van der Waals surface area (Å²) in [6.07, 6.45) is 0. The first-order chi connectivity index (χ1) is 14.4. The normalized spacial score (nSPS) is 11.0. The molecule has 3 aromatic rings. The highest BCUT2D eigenvalue weighted by Gasteiger charge is 2.13. The number of aliphatic imine (C=N–C) groups is 1. The molecule has 31 heavy (non-hydrogen) atoms. The van der Waals surface area contributed by atoms with Crippen LogP contribution in [0.1, 0.15) is 21.5 Å². The van der Waals surface area contributed by atoms with E-state index in [-0.39, 0.29) is 22.9 Å². The molecule has 0 aliphatic carbocycles.